The Morgan fingerprint density at radius 1 is 1.33 bits per heavy atom. The minimum atomic E-state index is -0.414. The summed E-state index contributed by atoms with van der Waals surface area (Å²) in [6, 6.07) is 5.06. The molecule has 0 radical (unpaired) electrons. The Kier molecular flexibility index (Phi) is 3.51. The van der Waals surface area contributed by atoms with Crippen LogP contribution in [0.25, 0.3) is 5.57 Å². The minimum absolute atomic E-state index is 0.124. The van der Waals surface area contributed by atoms with E-state index in [2.05, 4.69) is 20.9 Å². The second-order valence-corrected chi connectivity index (χ2v) is 6.43. The van der Waals surface area contributed by atoms with Crippen molar-refractivity contribution in [2.75, 3.05) is 0 Å². The molecular weight excluding hydrogens is 354 g/mol. The zero-order valence-electron chi connectivity index (χ0n) is 11.3. The molecule has 0 saturated heterocycles. The van der Waals surface area contributed by atoms with Crippen molar-refractivity contribution in [2.45, 2.75) is 13.8 Å². The lowest BCUT2D eigenvalue weighted by atomic mass is 10.0. The summed E-state index contributed by atoms with van der Waals surface area (Å²) in [5, 5.41) is 0. The molecule has 1 aliphatic carbocycles. The first kappa shape index (κ1) is 14.2. The molecule has 0 bridgehead atoms. The van der Waals surface area contributed by atoms with E-state index in [1.165, 1.54) is 18.3 Å². The standard InChI is InChI=1S/C15H10BrNO3S/c1-7-14(17-6-21-7)12-10-4-3-9(20-8(2)18)5-11(10)15(19)13(12)16/h3-6H,1-2H3. The fraction of sp³-hybridized carbons (Fsp3) is 0.133. The molecule has 1 aliphatic rings. The number of Topliss-reactive ketones (excluding diaryl/α,β-unsaturated/α-hetero) is 1. The van der Waals surface area contributed by atoms with E-state index in [0.29, 0.717) is 15.8 Å². The largest absolute Gasteiger partial charge is 0.427 e. The highest BCUT2D eigenvalue weighted by Gasteiger charge is 2.31. The Balaban J connectivity index is 2.13. The third-order valence-corrected chi connectivity index (χ3v) is 4.68. The molecule has 0 spiro atoms. The molecule has 0 unspecified atom stereocenters. The van der Waals surface area contributed by atoms with Gasteiger partial charge in [0.1, 0.15) is 5.75 Å². The highest BCUT2D eigenvalue weighted by atomic mass is 79.9. The Hall–Kier alpha value is -1.79. The topological polar surface area (TPSA) is 56.3 Å². The van der Waals surface area contributed by atoms with Crippen LogP contribution < -0.4 is 4.74 Å². The van der Waals surface area contributed by atoms with Gasteiger partial charge in [-0.05, 0) is 46.6 Å². The van der Waals surface area contributed by atoms with Gasteiger partial charge < -0.3 is 4.74 Å². The van der Waals surface area contributed by atoms with E-state index in [0.717, 1.165) is 21.7 Å². The summed E-state index contributed by atoms with van der Waals surface area (Å²) in [6.07, 6.45) is 0. The van der Waals surface area contributed by atoms with Crippen LogP contribution in [-0.4, -0.2) is 16.7 Å². The zero-order chi connectivity index (χ0) is 15.1. The highest BCUT2D eigenvalue weighted by Crippen LogP contribution is 2.42. The molecular formula is C15H10BrNO3S. The van der Waals surface area contributed by atoms with Gasteiger partial charge in [-0.2, -0.15) is 0 Å². The van der Waals surface area contributed by atoms with Crippen molar-refractivity contribution in [1.82, 2.24) is 4.98 Å². The molecule has 1 heterocycles. The van der Waals surface area contributed by atoms with Crippen LogP contribution in [0.5, 0.6) is 5.75 Å². The van der Waals surface area contributed by atoms with Crippen LogP contribution in [0, 0.1) is 6.92 Å². The summed E-state index contributed by atoms with van der Waals surface area (Å²) < 4.78 is 5.53. The number of ether oxygens (including phenoxy) is 1. The van der Waals surface area contributed by atoms with Gasteiger partial charge in [-0.15, -0.1) is 11.3 Å². The van der Waals surface area contributed by atoms with Crippen molar-refractivity contribution in [3.8, 4) is 5.75 Å². The maximum Gasteiger partial charge on any atom is 0.308 e. The lowest BCUT2D eigenvalue weighted by Crippen LogP contribution is -2.03. The first-order valence-electron chi connectivity index (χ1n) is 6.17. The summed E-state index contributed by atoms with van der Waals surface area (Å²) in [5.74, 6) is -0.171. The Labute approximate surface area is 133 Å². The van der Waals surface area contributed by atoms with Crippen molar-refractivity contribution < 1.29 is 14.3 Å². The van der Waals surface area contributed by atoms with Gasteiger partial charge in [0.05, 0.1) is 15.7 Å². The van der Waals surface area contributed by atoms with Gasteiger partial charge >= 0.3 is 5.97 Å². The molecule has 6 heteroatoms. The maximum absolute atomic E-state index is 12.4. The predicted octanol–water partition coefficient (Wildman–Crippen LogP) is 3.73. The molecule has 0 saturated carbocycles. The second kappa shape index (κ2) is 5.20. The van der Waals surface area contributed by atoms with E-state index < -0.39 is 5.97 Å². The number of hydrogen-bond acceptors (Lipinski definition) is 5. The first-order valence-corrected chi connectivity index (χ1v) is 7.84. The minimum Gasteiger partial charge on any atom is -0.427 e. The van der Waals surface area contributed by atoms with Crippen molar-refractivity contribution in [1.29, 1.82) is 0 Å². The summed E-state index contributed by atoms with van der Waals surface area (Å²) in [7, 11) is 0. The molecule has 1 aromatic heterocycles. The molecule has 0 N–H and O–H groups in total. The van der Waals surface area contributed by atoms with E-state index >= 15 is 0 Å². The number of halogens is 1. The fourth-order valence-corrected chi connectivity index (χ4v) is 3.48. The molecule has 3 rings (SSSR count). The van der Waals surface area contributed by atoms with Crippen LogP contribution >= 0.6 is 27.3 Å². The third-order valence-electron chi connectivity index (χ3n) is 3.17. The van der Waals surface area contributed by atoms with E-state index in [1.807, 2.05) is 6.92 Å². The van der Waals surface area contributed by atoms with E-state index in [9.17, 15) is 9.59 Å². The number of nitrogens with zero attached hydrogens (tertiary/aromatic N) is 1. The van der Waals surface area contributed by atoms with Crippen molar-refractivity contribution in [2.24, 2.45) is 0 Å². The number of carbonyl (C=O) groups is 2. The number of thiazole rings is 1. The number of allylic oxidation sites excluding steroid dienone is 1. The Bertz CT molecular complexity index is 807. The van der Waals surface area contributed by atoms with Crippen molar-refractivity contribution >= 4 is 44.6 Å². The van der Waals surface area contributed by atoms with Gasteiger partial charge in [0.15, 0.2) is 0 Å². The zero-order valence-corrected chi connectivity index (χ0v) is 13.7. The summed E-state index contributed by atoms with van der Waals surface area (Å²) >= 11 is 4.90. The predicted molar refractivity (Wildman–Crippen MR) is 83.9 cm³/mol. The van der Waals surface area contributed by atoms with Crippen LogP contribution in [0.2, 0.25) is 0 Å². The molecule has 1 aromatic carbocycles. The summed E-state index contributed by atoms with van der Waals surface area (Å²) in [5.41, 5.74) is 4.68. The molecule has 0 aliphatic heterocycles. The number of hydrogen-bond donors (Lipinski definition) is 0. The van der Waals surface area contributed by atoms with Gasteiger partial charge in [0.25, 0.3) is 0 Å². The number of carbonyl (C=O) groups excluding carboxylic acids is 2. The lowest BCUT2D eigenvalue weighted by Gasteiger charge is -2.06. The van der Waals surface area contributed by atoms with Crippen LogP contribution in [0.3, 0.4) is 0 Å². The number of rotatable bonds is 2. The normalized spacial score (nSPS) is 13.6. The van der Waals surface area contributed by atoms with E-state index in [1.54, 1.807) is 23.7 Å². The number of ketones is 1. The average Bonchev–Trinajstić information content (AvgIpc) is 2.94. The van der Waals surface area contributed by atoms with Gasteiger partial charge in [-0.1, -0.05) is 0 Å². The SMILES string of the molecule is CC(=O)Oc1ccc2c(c1)C(=O)C(Br)=C2c1ncsc1C. The van der Waals surface area contributed by atoms with Crippen molar-refractivity contribution in [3.05, 3.63) is 49.9 Å². The first-order chi connectivity index (χ1) is 9.99. The summed E-state index contributed by atoms with van der Waals surface area (Å²) in [4.78, 5) is 28.8. The average molecular weight is 364 g/mol. The molecule has 21 heavy (non-hydrogen) atoms. The number of esters is 1. The molecule has 0 amide bonds. The van der Waals surface area contributed by atoms with Crippen LogP contribution in [-0.2, 0) is 4.79 Å². The highest BCUT2D eigenvalue weighted by molar-refractivity contribution is 9.12. The Morgan fingerprint density at radius 2 is 2.10 bits per heavy atom. The van der Waals surface area contributed by atoms with Gasteiger partial charge in [-0.25, -0.2) is 4.98 Å². The fourth-order valence-electron chi connectivity index (χ4n) is 2.29. The van der Waals surface area contributed by atoms with Gasteiger partial charge in [0.2, 0.25) is 5.78 Å². The van der Waals surface area contributed by atoms with E-state index in [-0.39, 0.29) is 5.78 Å². The number of benzene rings is 1. The van der Waals surface area contributed by atoms with Crippen LogP contribution in [0.15, 0.2) is 28.2 Å². The lowest BCUT2D eigenvalue weighted by molar-refractivity contribution is -0.131. The number of fused-ring (bicyclic) bond motifs is 1. The monoisotopic (exact) mass is 363 g/mol. The molecule has 0 fully saturated rings. The van der Waals surface area contributed by atoms with Crippen LogP contribution in [0.4, 0.5) is 0 Å². The van der Waals surface area contributed by atoms with Crippen LogP contribution in [0.1, 0.15) is 33.4 Å². The quantitative estimate of drug-likeness (QED) is 0.602. The van der Waals surface area contributed by atoms with Crippen molar-refractivity contribution in [3.63, 3.8) is 0 Å². The Morgan fingerprint density at radius 3 is 2.71 bits per heavy atom. The maximum atomic E-state index is 12.4. The summed E-state index contributed by atoms with van der Waals surface area (Å²) in [6.45, 7) is 3.29. The van der Waals surface area contributed by atoms with E-state index in [4.69, 9.17) is 4.74 Å². The smallest absolute Gasteiger partial charge is 0.308 e. The molecule has 4 nitrogen and oxygen atoms in total. The molecule has 0 atom stereocenters. The number of aryl methyl sites for hydroxylation is 1. The molecule has 106 valence electrons. The van der Waals surface area contributed by atoms with Gasteiger partial charge in [0, 0.05) is 22.9 Å². The number of aromatic nitrogens is 1. The molecule has 2 aromatic rings. The second-order valence-electron chi connectivity index (χ2n) is 4.58. The van der Waals surface area contributed by atoms with Gasteiger partial charge in [-0.3, -0.25) is 9.59 Å². The third kappa shape index (κ3) is 2.34.